The number of nitrogens with two attached hydrogens (primary N) is 1. The number of amides is 2. The molecule has 2 amide bonds. The second-order valence-corrected chi connectivity index (χ2v) is 8.19. The summed E-state index contributed by atoms with van der Waals surface area (Å²) in [5.41, 5.74) is 12.4. The van der Waals surface area contributed by atoms with Crippen molar-refractivity contribution in [3.8, 4) is 0 Å². The van der Waals surface area contributed by atoms with E-state index in [1.54, 1.807) is 17.6 Å². The summed E-state index contributed by atoms with van der Waals surface area (Å²) in [5, 5.41) is 0. The average Bonchev–Trinajstić information content (AvgIpc) is 3.31. The van der Waals surface area contributed by atoms with Crippen molar-refractivity contribution < 1.29 is 9.59 Å². The summed E-state index contributed by atoms with van der Waals surface area (Å²) in [6.07, 6.45) is 3.30. The fourth-order valence-electron chi connectivity index (χ4n) is 3.98. The van der Waals surface area contributed by atoms with E-state index in [-0.39, 0.29) is 24.2 Å². The van der Waals surface area contributed by atoms with E-state index in [1.165, 1.54) is 28.7 Å². The Bertz CT molecular complexity index is 1090. The molecule has 0 radical (unpaired) electrons. The molecule has 2 heterocycles. The van der Waals surface area contributed by atoms with Gasteiger partial charge in [-0.15, -0.1) is 11.3 Å². The van der Waals surface area contributed by atoms with E-state index in [9.17, 15) is 9.59 Å². The van der Waals surface area contributed by atoms with Crippen molar-refractivity contribution >= 4 is 23.2 Å². The van der Waals surface area contributed by atoms with Crippen LogP contribution < -0.4 is 5.73 Å². The van der Waals surface area contributed by atoms with Crippen LogP contribution in [0.1, 0.15) is 60.6 Å². The molecule has 0 fully saturated rings. The highest BCUT2D eigenvalue weighted by Gasteiger charge is 2.33. The Balaban J connectivity index is 1.77. The standard InChI is InChI=1S/C22H22N4O2S/c1-13-5-7-17-15(10-13)6-8-18(17)26(22(28)20-14(2)25-12-29-20)11-16-4-3-9-24-19(16)21(23)27/h3-5,7,9-10,12,18H,6,8,11H2,1-2H3,(H2,23,27)/t18-/m1/s1. The molecular formula is C22H22N4O2S. The van der Waals surface area contributed by atoms with Gasteiger partial charge >= 0.3 is 0 Å². The van der Waals surface area contributed by atoms with E-state index < -0.39 is 5.91 Å². The van der Waals surface area contributed by atoms with Gasteiger partial charge in [0.05, 0.1) is 17.2 Å². The van der Waals surface area contributed by atoms with Crippen LogP contribution >= 0.6 is 11.3 Å². The molecular weight excluding hydrogens is 384 g/mol. The fraction of sp³-hybridized carbons (Fsp3) is 0.273. The van der Waals surface area contributed by atoms with Gasteiger partial charge in [0.2, 0.25) is 0 Å². The van der Waals surface area contributed by atoms with Crippen LogP contribution in [0, 0.1) is 13.8 Å². The van der Waals surface area contributed by atoms with Crippen LogP contribution in [-0.2, 0) is 13.0 Å². The van der Waals surface area contributed by atoms with Crippen LogP contribution in [0.5, 0.6) is 0 Å². The van der Waals surface area contributed by atoms with E-state index >= 15 is 0 Å². The summed E-state index contributed by atoms with van der Waals surface area (Å²) >= 11 is 1.34. The Labute approximate surface area is 173 Å². The molecule has 2 N–H and O–H groups in total. The van der Waals surface area contributed by atoms with Gasteiger partial charge in [-0.3, -0.25) is 14.6 Å². The van der Waals surface area contributed by atoms with E-state index in [4.69, 9.17) is 5.73 Å². The molecule has 1 atom stereocenters. The van der Waals surface area contributed by atoms with Gasteiger partial charge in [-0.2, -0.15) is 0 Å². The third-order valence-electron chi connectivity index (χ3n) is 5.39. The SMILES string of the molecule is Cc1ccc2c(c1)CC[C@H]2N(Cc1cccnc1C(N)=O)C(=O)c1scnc1C. The van der Waals surface area contributed by atoms with E-state index in [1.807, 2.05) is 11.8 Å². The summed E-state index contributed by atoms with van der Waals surface area (Å²) in [6.45, 7) is 4.18. The molecule has 0 saturated heterocycles. The van der Waals surface area contributed by atoms with Gasteiger partial charge in [-0.25, -0.2) is 4.98 Å². The summed E-state index contributed by atoms with van der Waals surface area (Å²) in [6, 6.07) is 9.87. The third-order valence-corrected chi connectivity index (χ3v) is 6.30. The molecule has 7 heteroatoms. The lowest BCUT2D eigenvalue weighted by atomic mass is 10.0. The lowest BCUT2D eigenvalue weighted by Crippen LogP contribution is -2.34. The predicted octanol–water partition coefficient (Wildman–Crippen LogP) is 3.58. The number of carbonyl (C=O) groups is 2. The Hall–Kier alpha value is -3.06. The zero-order valence-electron chi connectivity index (χ0n) is 16.4. The molecule has 0 bridgehead atoms. The number of hydrogen-bond donors (Lipinski definition) is 1. The number of carbonyl (C=O) groups excluding carboxylic acids is 2. The van der Waals surface area contributed by atoms with Crippen LogP contribution in [-0.4, -0.2) is 26.7 Å². The van der Waals surface area contributed by atoms with Crippen LogP contribution in [0.2, 0.25) is 0 Å². The topological polar surface area (TPSA) is 89.2 Å². The number of fused-ring (bicyclic) bond motifs is 1. The van der Waals surface area contributed by atoms with Crippen LogP contribution in [0.15, 0.2) is 42.0 Å². The van der Waals surface area contributed by atoms with Crippen molar-refractivity contribution in [3.63, 3.8) is 0 Å². The molecule has 0 unspecified atom stereocenters. The first-order valence-corrected chi connectivity index (χ1v) is 10.4. The second kappa shape index (κ2) is 7.75. The number of hydrogen-bond acceptors (Lipinski definition) is 5. The fourth-order valence-corrected chi connectivity index (χ4v) is 4.74. The molecule has 1 aromatic carbocycles. The second-order valence-electron chi connectivity index (χ2n) is 7.33. The molecule has 2 aromatic heterocycles. The summed E-state index contributed by atoms with van der Waals surface area (Å²) in [7, 11) is 0. The Morgan fingerprint density at radius 3 is 2.79 bits per heavy atom. The highest BCUT2D eigenvalue weighted by atomic mass is 32.1. The number of aryl methyl sites for hydroxylation is 3. The van der Waals surface area contributed by atoms with E-state index in [0.717, 1.165) is 18.4 Å². The summed E-state index contributed by atoms with van der Waals surface area (Å²) < 4.78 is 0. The number of primary amides is 1. The van der Waals surface area contributed by atoms with Gasteiger partial charge < -0.3 is 10.6 Å². The monoisotopic (exact) mass is 406 g/mol. The maximum absolute atomic E-state index is 13.5. The minimum atomic E-state index is -0.593. The first kappa shape index (κ1) is 19.3. The van der Waals surface area contributed by atoms with Crippen LogP contribution in [0.3, 0.4) is 0 Å². The van der Waals surface area contributed by atoms with Crippen LogP contribution in [0.25, 0.3) is 0 Å². The zero-order chi connectivity index (χ0) is 20.5. The zero-order valence-corrected chi connectivity index (χ0v) is 17.2. The van der Waals surface area contributed by atoms with Crippen molar-refractivity contribution in [2.75, 3.05) is 0 Å². The largest absolute Gasteiger partial charge is 0.364 e. The molecule has 6 nitrogen and oxygen atoms in total. The smallest absolute Gasteiger partial charge is 0.267 e. The minimum absolute atomic E-state index is 0.0690. The number of benzene rings is 1. The molecule has 1 aliphatic carbocycles. The lowest BCUT2D eigenvalue weighted by Gasteiger charge is -2.30. The van der Waals surface area contributed by atoms with Gasteiger partial charge in [0.25, 0.3) is 11.8 Å². The third kappa shape index (κ3) is 3.65. The quantitative estimate of drug-likeness (QED) is 0.701. The van der Waals surface area contributed by atoms with Crippen molar-refractivity contribution in [1.82, 2.24) is 14.9 Å². The van der Waals surface area contributed by atoms with Crippen molar-refractivity contribution in [1.29, 1.82) is 0 Å². The van der Waals surface area contributed by atoms with Crippen molar-refractivity contribution in [3.05, 3.63) is 80.6 Å². The van der Waals surface area contributed by atoms with Gasteiger partial charge in [-0.05, 0) is 43.9 Å². The number of aromatic nitrogens is 2. The average molecular weight is 407 g/mol. The first-order valence-electron chi connectivity index (χ1n) is 9.50. The Morgan fingerprint density at radius 1 is 1.24 bits per heavy atom. The molecule has 0 aliphatic heterocycles. The van der Waals surface area contributed by atoms with E-state index in [0.29, 0.717) is 16.1 Å². The maximum atomic E-state index is 13.5. The number of thiazole rings is 1. The number of rotatable bonds is 5. The predicted molar refractivity (Wildman–Crippen MR) is 112 cm³/mol. The van der Waals surface area contributed by atoms with Crippen molar-refractivity contribution in [2.45, 2.75) is 39.3 Å². The first-order chi connectivity index (χ1) is 14.0. The summed E-state index contributed by atoms with van der Waals surface area (Å²) in [5.74, 6) is -0.674. The maximum Gasteiger partial charge on any atom is 0.267 e. The van der Waals surface area contributed by atoms with Crippen molar-refractivity contribution in [2.24, 2.45) is 5.73 Å². The van der Waals surface area contributed by atoms with Gasteiger partial charge in [0, 0.05) is 18.3 Å². The molecule has 148 valence electrons. The molecule has 4 rings (SSSR count). The lowest BCUT2D eigenvalue weighted by molar-refractivity contribution is 0.0660. The molecule has 1 aliphatic rings. The number of nitrogens with zero attached hydrogens (tertiary/aromatic N) is 3. The Kier molecular flexibility index (Phi) is 5.15. The molecule has 29 heavy (non-hydrogen) atoms. The van der Waals surface area contributed by atoms with Gasteiger partial charge in [0.1, 0.15) is 10.6 Å². The highest BCUT2D eigenvalue weighted by molar-refractivity contribution is 7.11. The molecule has 0 saturated carbocycles. The van der Waals surface area contributed by atoms with Gasteiger partial charge in [0.15, 0.2) is 0 Å². The van der Waals surface area contributed by atoms with E-state index in [2.05, 4.69) is 35.1 Å². The normalized spacial score (nSPS) is 15.2. The minimum Gasteiger partial charge on any atom is -0.364 e. The Morgan fingerprint density at radius 2 is 2.07 bits per heavy atom. The molecule has 3 aromatic rings. The highest BCUT2D eigenvalue weighted by Crippen LogP contribution is 2.38. The van der Waals surface area contributed by atoms with Crippen LogP contribution in [0.4, 0.5) is 0 Å². The number of pyridine rings is 1. The molecule has 0 spiro atoms. The summed E-state index contributed by atoms with van der Waals surface area (Å²) in [4.78, 5) is 36.2. The van der Waals surface area contributed by atoms with Gasteiger partial charge in [-0.1, -0.05) is 29.8 Å².